The molecule has 1 aromatic carbocycles. The molecule has 1 aliphatic heterocycles. The second-order valence-electron chi connectivity index (χ2n) is 6.86. The Morgan fingerprint density at radius 1 is 1.24 bits per heavy atom. The van der Waals surface area contributed by atoms with Gasteiger partial charge in [-0.1, -0.05) is 12.1 Å². The minimum atomic E-state index is -0.257. The highest BCUT2D eigenvalue weighted by Gasteiger charge is 2.23. The van der Waals surface area contributed by atoms with Crippen molar-refractivity contribution < 1.29 is 4.42 Å². The van der Waals surface area contributed by atoms with Crippen molar-refractivity contribution in [1.29, 1.82) is 0 Å². The van der Waals surface area contributed by atoms with Gasteiger partial charge in [-0.15, -0.1) is 0 Å². The molecule has 2 aromatic heterocycles. The van der Waals surface area contributed by atoms with Gasteiger partial charge in [0.2, 0.25) is 0 Å². The monoisotopic (exact) mass is 340 g/mol. The highest BCUT2D eigenvalue weighted by atomic mass is 16.4. The predicted octanol–water partition coefficient (Wildman–Crippen LogP) is 2.60. The molecule has 0 spiro atoms. The lowest BCUT2D eigenvalue weighted by atomic mass is 9.94. The van der Waals surface area contributed by atoms with Crippen LogP contribution in [0.4, 0.5) is 0 Å². The summed E-state index contributed by atoms with van der Waals surface area (Å²) in [6.45, 7) is 3.90. The molecular formula is C19H24N4O2. The molecule has 6 nitrogen and oxygen atoms in total. The summed E-state index contributed by atoms with van der Waals surface area (Å²) in [6, 6.07) is 9.75. The first-order valence-electron chi connectivity index (χ1n) is 9.01. The lowest BCUT2D eigenvalue weighted by molar-refractivity contribution is 0.199. The number of aryl methyl sites for hydroxylation is 2. The van der Waals surface area contributed by atoms with E-state index in [2.05, 4.69) is 16.1 Å². The van der Waals surface area contributed by atoms with E-state index in [1.165, 1.54) is 18.5 Å². The molecule has 0 saturated carbocycles. The van der Waals surface area contributed by atoms with Crippen molar-refractivity contribution in [3.8, 4) is 0 Å². The van der Waals surface area contributed by atoms with Crippen molar-refractivity contribution in [2.24, 2.45) is 7.05 Å². The number of piperidine rings is 1. The van der Waals surface area contributed by atoms with Crippen LogP contribution in [-0.4, -0.2) is 38.9 Å². The smallest absolute Gasteiger partial charge is 0.408 e. The molecular weight excluding hydrogens is 316 g/mol. The number of benzene rings is 1. The van der Waals surface area contributed by atoms with E-state index in [-0.39, 0.29) is 5.76 Å². The Bertz CT molecular complexity index is 907. The molecule has 1 unspecified atom stereocenters. The standard InChI is InChI=1S/C19H24N4O2/c1-21-16(9-10-20-21)15-6-4-11-22(14-15)12-5-13-23-17-7-2-3-8-18(17)25-19(23)24/h2-3,7-10,15H,4-6,11-14H2,1H3. The van der Waals surface area contributed by atoms with Crippen LogP contribution in [0.1, 0.15) is 30.9 Å². The fraction of sp³-hybridized carbons (Fsp3) is 0.474. The fourth-order valence-electron chi connectivity index (χ4n) is 3.96. The molecule has 4 rings (SSSR count). The average Bonchev–Trinajstić information content (AvgIpc) is 3.18. The van der Waals surface area contributed by atoms with Gasteiger partial charge in [0.25, 0.3) is 0 Å². The van der Waals surface area contributed by atoms with Crippen LogP contribution in [0.15, 0.2) is 45.7 Å². The minimum Gasteiger partial charge on any atom is -0.408 e. The maximum absolute atomic E-state index is 12.0. The molecule has 1 fully saturated rings. The van der Waals surface area contributed by atoms with Gasteiger partial charge in [0.1, 0.15) is 0 Å². The molecule has 0 radical (unpaired) electrons. The SMILES string of the molecule is Cn1nccc1C1CCCN(CCCn2c(=O)oc3ccccc32)C1. The molecule has 3 heterocycles. The second kappa shape index (κ2) is 6.88. The highest BCUT2D eigenvalue weighted by Crippen LogP contribution is 2.26. The summed E-state index contributed by atoms with van der Waals surface area (Å²) >= 11 is 0. The van der Waals surface area contributed by atoms with Gasteiger partial charge in [0.05, 0.1) is 5.52 Å². The zero-order chi connectivity index (χ0) is 17.2. The molecule has 1 aliphatic rings. The Balaban J connectivity index is 1.37. The van der Waals surface area contributed by atoms with Gasteiger partial charge in [-0.3, -0.25) is 9.25 Å². The number of para-hydroxylation sites is 2. The lowest BCUT2D eigenvalue weighted by Gasteiger charge is -2.32. The first kappa shape index (κ1) is 16.1. The summed E-state index contributed by atoms with van der Waals surface area (Å²) in [4.78, 5) is 14.5. The van der Waals surface area contributed by atoms with Crippen LogP contribution in [0.5, 0.6) is 0 Å². The van der Waals surface area contributed by atoms with Crippen LogP contribution in [0, 0.1) is 0 Å². The zero-order valence-corrected chi connectivity index (χ0v) is 14.6. The third kappa shape index (κ3) is 3.26. The van der Waals surface area contributed by atoms with E-state index in [1.807, 2.05) is 42.2 Å². The third-order valence-corrected chi connectivity index (χ3v) is 5.21. The number of rotatable bonds is 5. The third-order valence-electron chi connectivity index (χ3n) is 5.21. The highest BCUT2D eigenvalue weighted by molar-refractivity contribution is 5.72. The van der Waals surface area contributed by atoms with E-state index in [0.717, 1.165) is 31.6 Å². The quantitative estimate of drug-likeness (QED) is 0.716. The average molecular weight is 340 g/mol. The Hall–Kier alpha value is -2.34. The molecule has 0 bridgehead atoms. The molecule has 0 N–H and O–H groups in total. The molecule has 132 valence electrons. The predicted molar refractivity (Wildman–Crippen MR) is 96.7 cm³/mol. The van der Waals surface area contributed by atoms with Crippen LogP contribution in [-0.2, 0) is 13.6 Å². The maximum Gasteiger partial charge on any atom is 0.419 e. The van der Waals surface area contributed by atoms with E-state index in [9.17, 15) is 4.79 Å². The summed E-state index contributed by atoms with van der Waals surface area (Å²) in [7, 11) is 2.02. The topological polar surface area (TPSA) is 56.2 Å². The number of aromatic nitrogens is 3. The number of likely N-dealkylation sites (tertiary alicyclic amines) is 1. The summed E-state index contributed by atoms with van der Waals surface area (Å²) < 4.78 is 9.04. The van der Waals surface area contributed by atoms with E-state index in [4.69, 9.17) is 4.42 Å². The Morgan fingerprint density at radius 3 is 2.96 bits per heavy atom. The second-order valence-corrected chi connectivity index (χ2v) is 6.86. The van der Waals surface area contributed by atoms with Crippen molar-refractivity contribution in [2.45, 2.75) is 31.7 Å². The van der Waals surface area contributed by atoms with Gasteiger partial charge in [-0.25, -0.2) is 4.79 Å². The Morgan fingerprint density at radius 2 is 2.12 bits per heavy atom. The van der Waals surface area contributed by atoms with E-state index >= 15 is 0 Å². The molecule has 25 heavy (non-hydrogen) atoms. The normalized spacial score (nSPS) is 18.8. The van der Waals surface area contributed by atoms with Crippen LogP contribution in [0.2, 0.25) is 0 Å². The largest absolute Gasteiger partial charge is 0.419 e. The van der Waals surface area contributed by atoms with Crippen LogP contribution in [0.25, 0.3) is 11.1 Å². The first-order chi connectivity index (χ1) is 12.2. The lowest BCUT2D eigenvalue weighted by Crippen LogP contribution is -2.36. The zero-order valence-electron chi connectivity index (χ0n) is 14.6. The minimum absolute atomic E-state index is 0.257. The number of hydrogen-bond donors (Lipinski definition) is 0. The summed E-state index contributed by atoms with van der Waals surface area (Å²) in [5, 5.41) is 4.30. The van der Waals surface area contributed by atoms with Crippen LogP contribution >= 0.6 is 0 Å². The number of oxazole rings is 1. The van der Waals surface area contributed by atoms with E-state index in [1.54, 1.807) is 4.57 Å². The molecule has 0 aliphatic carbocycles. The molecule has 0 amide bonds. The summed E-state index contributed by atoms with van der Waals surface area (Å²) in [5.41, 5.74) is 2.88. The van der Waals surface area contributed by atoms with Crippen molar-refractivity contribution in [2.75, 3.05) is 19.6 Å². The Labute approximate surface area is 146 Å². The number of hydrogen-bond acceptors (Lipinski definition) is 4. The van der Waals surface area contributed by atoms with E-state index < -0.39 is 0 Å². The molecule has 3 aromatic rings. The van der Waals surface area contributed by atoms with Gasteiger partial charge in [0.15, 0.2) is 5.58 Å². The van der Waals surface area contributed by atoms with E-state index in [0.29, 0.717) is 18.0 Å². The van der Waals surface area contributed by atoms with Crippen LogP contribution < -0.4 is 5.76 Å². The van der Waals surface area contributed by atoms with Crippen LogP contribution in [0.3, 0.4) is 0 Å². The number of fused-ring (bicyclic) bond motifs is 1. The molecule has 6 heteroatoms. The van der Waals surface area contributed by atoms with Crippen molar-refractivity contribution >= 4 is 11.1 Å². The van der Waals surface area contributed by atoms with Gasteiger partial charge < -0.3 is 9.32 Å². The fourth-order valence-corrected chi connectivity index (χ4v) is 3.96. The van der Waals surface area contributed by atoms with Crippen molar-refractivity contribution in [3.63, 3.8) is 0 Å². The molecule has 1 atom stereocenters. The van der Waals surface area contributed by atoms with Crippen molar-refractivity contribution in [1.82, 2.24) is 19.2 Å². The Kier molecular flexibility index (Phi) is 4.44. The first-order valence-corrected chi connectivity index (χ1v) is 9.01. The molecule has 1 saturated heterocycles. The van der Waals surface area contributed by atoms with Gasteiger partial charge >= 0.3 is 5.76 Å². The number of nitrogens with zero attached hydrogens (tertiary/aromatic N) is 4. The van der Waals surface area contributed by atoms with Gasteiger partial charge in [-0.2, -0.15) is 5.10 Å². The summed E-state index contributed by atoms with van der Waals surface area (Å²) in [6.07, 6.45) is 5.26. The van der Waals surface area contributed by atoms with Crippen molar-refractivity contribution in [3.05, 3.63) is 52.8 Å². The summed E-state index contributed by atoms with van der Waals surface area (Å²) in [5.74, 6) is 0.298. The van der Waals surface area contributed by atoms with Gasteiger partial charge in [0, 0.05) is 37.9 Å². The van der Waals surface area contributed by atoms with Gasteiger partial charge in [-0.05, 0) is 50.6 Å². The maximum atomic E-state index is 12.0.